The number of carbonyl (C=O) groups is 1. The minimum atomic E-state index is -4.82. The molecular weight excluding hydrogens is 337 g/mol. The van der Waals surface area contributed by atoms with E-state index in [2.05, 4.69) is 8.92 Å². The summed E-state index contributed by atoms with van der Waals surface area (Å²) in [4.78, 5) is 10.6. The SMILES string of the molecule is CC(=O)OCCc1cc(Cl)c(OS(=O)O)c(C(F)(F)F)c1. The summed E-state index contributed by atoms with van der Waals surface area (Å²) in [6, 6.07) is 1.86. The Hall–Kier alpha value is -1.32. The lowest BCUT2D eigenvalue weighted by atomic mass is 10.1. The van der Waals surface area contributed by atoms with Crippen molar-refractivity contribution in [3.05, 3.63) is 28.3 Å². The van der Waals surface area contributed by atoms with E-state index in [1.807, 2.05) is 0 Å². The van der Waals surface area contributed by atoms with E-state index in [1.54, 1.807) is 0 Å². The Bertz CT molecular complexity index is 562. The molecule has 0 amide bonds. The van der Waals surface area contributed by atoms with Crippen LogP contribution in [-0.2, 0) is 33.5 Å². The number of ether oxygens (including phenoxy) is 1. The second-order valence-corrected chi connectivity index (χ2v) is 4.85. The molecule has 1 unspecified atom stereocenters. The molecule has 118 valence electrons. The van der Waals surface area contributed by atoms with E-state index in [9.17, 15) is 22.2 Å². The van der Waals surface area contributed by atoms with Crippen LogP contribution in [0.4, 0.5) is 13.2 Å². The quantitative estimate of drug-likeness (QED) is 0.655. The molecule has 0 spiro atoms. The van der Waals surface area contributed by atoms with Crippen LogP contribution in [0.2, 0.25) is 5.02 Å². The van der Waals surface area contributed by atoms with Gasteiger partial charge in [-0.25, -0.2) is 0 Å². The van der Waals surface area contributed by atoms with Crippen molar-refractivity contribution < 1.29 is 35.6 Å². The van der Waals surface area contributed by atoms with Crippen LogP contribution in [-0.4, -0.2) is 21.3 Å². The van der Waals surface area contributed by atoms with Gasteiger partial charge in [0.25, 0.3) is 0 Å². The highest BCUT2D eigenvalue weighted by Crippen LogP contribution is 2.41. The molecule has 1 aromatic carbocycles. The van der Waals surface area contributed by atoms with E-state index in [1.165, 1.54) is 6.92 Å². The van der Waals surface area contributed by atoms with Gasteiger partial charge in [0.2, 0.25) is 0 Å². The van der Waals surface area contributed by atoms with Gasteiger partial charge in [-0.3, -0.25) is 9.35 Å². The van der Waals surface area contributed by atoms with Gasteiger partial charge in [-0.2, -0.15) is 17.4 Å². The highest BCUT2D eigenvalue weighted by Gasteiger charge is 2.36. The molecule has 0 aliphatic heterocycles. The van der Waals surface area contributed by atoms with Gasteiger partial charge in [-0.1, -0.05) is 11.6 Å². The molecule has 0 aromatic heterocycles. The Morgan fingerprint density at radius 2 is 2.05 bits per heavy atom. The Labute approximate surface area is 125 Å². The van der Waals surface area contributed by atoms with Crippen molar-refractivity contribution in [2.24, 2.45) is 0 Å². The molecule has 1 atom stereocenters. The number of hydrogen-bond donors (Lipinski definition) is 1. The van der Waals surface area contributed by atoms with Gasteiger partial charge >= 0.3 is 23.5 Å². The number of hydrogen-bond acceptors (Lipinski definition) is 4. The predicted molar refractivity (Wildman–Crippen MR) is 68.2 cm³/mol. The van der Waals surface area contributed by atoms with Gasteiger partial charge in [0.15, 0.2) is 5.75 Å². The molecule has 0 saturated heterocycles. The lowest BCUT2D eigenvalue weighted by Gasteiger charge is -2.15. The standard InChI is InChI=1S/C11H10ClF3O5S/c1-6(16)19-3-2-7-4-8(11(13,14)15)10(9(12)5-7)20-21(17)18/h4-5H,2-3H2,1H3,(H,17,18). The van der Waals surface area contributed by atoms with Crippen LogP contribution < -0.4 is 4.18 Å². The van der Waals surface area contributed by atoms with Crippen LogP contribution >= 0.6 is 11.6 Å². The Balaban J connectivity index is 3.13. The van der Waals surface area contributed by atoms with Gasteiger partial charge in [0, 0.05) is 13.3 Å². The van der Waals surface area contributed by atoms with Crippen LogP contribution in [0.1, 0.15) is 18.1 Å². The van der Waals surface area contributed by atoms with Crippen LogP contribution in [0.3, 0.4) is 0 Å². The fraction of sp³-hybridized carbons (Fsp3) is 0.364. The van der Waals surface area contributed by atoms with E-state index in [0.717, 1.165) is 12.1 Å². The molecule has 5 nitrogen and oxygen atoms in total. The van der Waals surface area contributed by atoms with Crippen molar-refractivity contribution in [3.63, 3.8) is 0 Å². The zero-order valence-electron chi connectivity index (χ0n) is 10.6. The number of alkyl halides is 3. The molecule has 0 radical (unpaired) electrons. The molecule has 1 aromatic rings. The van der Waals surface area contributed by atoms with Crippen molar-refractivity contribution in [3.8, 4) is 5.75 Å². The topological polar surface area (TPSA) is 72.8 Å². The summed E-state index contributed by atoms with van der Waals surface area (Å²) in [7, 11) is 0. The minimum Gasteiger partial charge on any atom is -0.466 e. The van der Waals surface area contributed by atoms with Crippen LogP contribution in [0.5, 0.6) is 5.75 Å². The fourth-order valence-corrected chi connectivity index (χ4v) is 2.12. The lowest BCUT2D eigenvalue weighted by molar-refractivity contribution is -0.141. The predicted octanol–water partition coefficient (Wildman–Crippen LogP) is 2.98. The summed E-state index contributed by atoms with van der Waals surface area (Å²) in [5.41, 5.74) is -1.14. The van der Waals surface area contributed by atoms with Crippen molar-refractivity contribution in [2.45, 2.75) is 19.5 Å². The third-order valence-corrected chi connectivity index (χ3v) is 2.85. The highest BCUT2D eigenvalue weighted by atomic mass is 35.5. The Morgan fingerprint density at radius 1 is 1.43 bits per heavy atom. The molecule has 0 aliphatic carbocycles. The summed E-state index contributed by atoms with van der Waals surface area (Å²) in [5.74, 6) is -1.49. The number of benzene rings is 1. The number of esters is 1. The monoisotopic (exact) mass is 346 g/mol. The van der Waals surface area contributed by atoms with Gasteiger partial charge in [0.05, 0.1) is 11.6 Å². The minimum absolute atomic E-state index is 0.00484. The van der Waals surface area contributed by atoms with Gasteiger partial charge < -0.3 is 8.92 Å². The molecule has 10 heteroatoms. The van der Waals surface area contributed by atoms with Crippen LogP contribution in [0.15, 0.2) is 12.1 Å². The molecule has 21 heavy (non-hydrogen) atoms. The average molecular weight is 347 g/mol. The molecule has 0 heterocycles. The Kier molecular flexibility index (Phi) is 5.99. The van der Waals surface area contributed by atoms with E-state index >= 15 is 0 Å². The van der Waals surface area contributed by atoms with Gasteiger partial charge in [-0.05, 0) is 17.7 Å². The third-order valence-electron chi connectivity index (χ3n) is 2.26. The third kappa shape index (κ3) is 5.52. The van der Waals surface area contributed by atoms with E-state index in [4.69, 9.17) is 16.2 Å². The van der Waals surface area contributed by atoms with Gasteiger partial charge in [0.1, 0.15) is 5.56 Å². The summed E-state index contributed by atoms with van der Waals surface area (Å²) in [6.07, 6.45) is -4.82. The molecule has 0 fully saturated rings. The van der Waals surface area contributed by atoms with E-state index < -0.39 is 39.8 Å². The highest BCUT2D eigenvalue weighted by molar-refractivity contribution is 7.74. The zero-order chi connectivity index (χ0) is 16.2. The first-order valence-electron chi connectivity index (χ1n) is 5.43. The van der Waals surface area contributed by atoms with Crippen molar-refractivity contribution in [1.29, 1.82) is 0 Å². The second-order valence-electron chi connectivity index (χ2n) is 3.84. The first kappa shape index (κ1) is 17.7. The largest absolute Gasteiger partial charge is 0.466 e. The Morgan fingerprint density at radius 3 is 2.52 bits per heavy atom. The number of carbonyl (C=O) groups excluding carboxylic acids is 1. The maximum absolute atomic E-state index is 12.9. The summed E-state index contributed by atoms with van der Waals surface area (Å²) < 4.78 is 66.6. The maximum Gasteiger partial charge on any atom is 0.420 e. The molecule has 1 N–H and O–H groups in total. The normalized spacial score (nSPS) is 12.9. The molecule has 0 bridgehead atoms. The van der Waals surface area contributed by atoms with E-state index in [0.29, 0.717) is 0 Å². The van der Waals surface area contributed by atoms with Crippen molar-refractivity contribution in [1.82, 2.24) is 0 Å². The van der Waals surface area contributed by atoms with Crippen LogP contribution in [0.25, 0.3) is 0 Å². The molecular formula is C11H10ClF3O5S. The zero-order valence-corrected chi connectivity index (χ0v) is 12.1. The maximum atomic E-state index is 12.9. The summed E-state index contributed by atoms with van der Waals surface area (Å²) in [5, 5.41) is -0.468. The fourth-order valence-electron chi connectivity index (χ4n) is 1.47. The van der Waals surface area contributed by atoms with Crippen molar-refractivity contribution >= 4 is 28.9 Å². The molecule has 0 aliphatic rings. The van der Waals surface area contributed by atoms with E-state index in [-0.39, 0.29) is 18.6 Å². The first-order valence-corrected chi connectivity index (χ1v) is 6.84. The smallest absolute Gasteiger partial charge is 0.420 e. The molecule has 0 saturated carbocycles. The van der Waals surface area contributed by atoms with Crippen molar-refractivity contribution in [2.75, 3.05) is 6.61 Å². The lowest BCUT2D eigenvalue weighted by Crippen LogP contribution is -2.12. The average Bonchev–Trinajstić information content (AvgIpc) is 2.29. The number of rotatable bonds is 5. The number of halogens is 4. The van der Waals surface area contributed by atoms with Gasteiger partial charge in [-0.15, -0.1) is 0 Å². The molecule has 1 rings (SSSR count). The summed E-state index contributed by atoms with van der Waals surface area (Å²) in [6.45, 7) is 1.05. The van der Waals surface area contributed by atoms with Crippen LogP contribution in [0, 0.1) is 0 Å². The summed E-state index contributed by atoms with van der Waals surface area (Å²) >= 11 is 2.70. The first-order chi connectivity index (χ1) is 9.61. The second kappa shape index (κ2) is 7.10.